The smallest absolute Gasteiger partial charge is 0.150 e. The van der Waals surface area contributed by atoms with Crippen molar-refractivity contribution in [3.63, 3.8) is 0 Å². The van der Waals surface area contributed by atoms with Crippen LogP contribution in [0, 0.1) is 0 Å². The van der Waals surface area contributed by atoms with E-state index < -0.39 is 0 Å². The van der Waals surface area contributed by atoms with Crippen LogP contribution < -0.4 is 5.32 Å². The minimum Gasteiger partial charge on any atom is -0.374 e. The zero-order chi connectivity index (χ0) is 13.6. The van der Waals surface area contributed by atoms with Gasteiger partial charge in [-0.25, -0.2) is 0 Å². The number of hydrogen-bond acceptors (Lipinski definition) is 7. The highest BCUT2D eigenvalue weighted by Crippen LogP contribution is 2.10. The average molecular weight is 275 g/mol. The van der Waals surface area contributed by atoms with E-state index >= 15 is 0 Å². The van der Waals surface area contributed by atoms with Gasteiger partial charge in [-0.3, -0.25) is 4.90 Å². The Labute approximate surface area is 116 Å². The molecule has 0 saturated carbocycles. The van der Waals surface area contributed by atoms with Crippen molar-refractivity contribution in [1.29, 1.82) is 0 Å². The second-order valence-corrected chi connectivity index (χ2v) is 4.70. The molecule has 2 aromatic heterocycles. The normalized spacial score (nSPS) is 19.9. The maximum absolute atomic E-state index is 5.75. The topological polar surface area (TPSA) is 76.3 Å². The molecule has 0 radical (unpaired) electrons. The third-order valence-corrected chi connectivity index (χ3v) is 3.18. The van der Waals surface area contributed by atoms with Crippen LogP contribution in [-0.2, 0) is 11.3 Å². The molecule has 7 heteroatoms. The van der Waals surface area contributed by atoms with E-state index in [-0.39, 0.29) is 6.10 Å². The summed E-state index contributed by atoms with van der Waals surface area (Å²) >= 11 is 0. The monoisotopic (exact) mass is 275 g/mol. The molecular formula is C13H17N5O2. The molecule has 106 valence electrons. The number of nitrogens with one attached hydrogen (secondary N) is 1. The van der Waals surface area contributed by atoms with E-state index in [0.717, 1.165) is 37.8 Å². The van der Waals surface area contributed by atoms with Crippen LogP contribution in [0.1, 0.15) is 5.76 Å². The number of nitrogens with zero attached hydrogens (tertiary/aromatic N) is 4. The molecule has 0 unspecified atom stereocenters. The number of rotatable bonds is 5. The fraction of sp³-hybridized carbons (Fsp3) is 0.462. The molecule has 0 bridgehead atoms. The Kier molecular flexibility index (Phi) is 4.19. The molecule has 3 heterocycles. The second-order valence-electron chi connectivity index (χ2n) is 4.70. The Morgan fingerprint density at radius 3 is 3.15 bits per heavy atom. The summed E-state index contributed by atoms with van der Waals surface area (Å²) in [6.07, 6.45) is 3.46. The lowest BCUT2D eigenvalue weighted by atomic mass is 10.2. The fourth-order valence-electron chi connectivity index (χ4n) is 2.21. The summed E-state index contributed by atoms with van der Waals surface area (Å²) in [7, 11) is 0. The zero-order valence-corrected chi connectivity index (χ0v) is 11.1. The molecule has 1 atom stereocenters. The van der Waals surface area contributed by atoms with Crippen molar-refractivity contribution in [2.45, 2.75) is 12.6 Å². The van der Waals surface area contributed by atoms with Gasteiger partial charge in [0.05, 0.1) is 25.5 Å². The van der Waals surface area contributed by atoms with Gasteiger partial charge in [0.25, 0.3) is 0 Å². The summed E-state index contributed by atoms with van der Waals surface area (Å²) in [5.41, 5.74) is 0. The molecule has 2 aromatic rings. The van der Waals surface area contributed by atoms with Gasteiger partial charge in [-0.05, 0) is 12.1 Å². The van der Waals surface area contributed by atoms with Crippen molar-refractivity contribution in [3.8, 4) is 0 Å². The molecular weight excluding hydrogens is 258 g/mol. The van der Waals surface area contributed by atoms with Gasteiger partial charge in [-0.1, -0.05) is 5.16 Å². The quantitative estimate of drug-likeness (QED) is 0.864. The highest BCUT2D eigenvalue weighted by molar-refractivity contribution is 5.31. The van der Waals surface area contributed by atoms with E-state index in [2.05, 4.69) is 25.6 Å². The summed E-state index contributed by atoms with van der Waals surface area (Å²) in [4.78, 5) is 2.30. The molecule has 1 aliphatic heterocycles. The fourth-order valence-corrected chi connectivity index (χ4v) is 2.21. The predicted molar refractivity (Wildman–Crippen MR) is 72.0 cm³/mol. The molecule has 0 aromatic carbocycles. The van der Waals surface area contributed by atoms with E-state index in [1.807, 2.05) is 18.2 Å². The number of aromatic nitrogens is 3. The van der Waals surface area contributed by atoms with Gasteiger partial charge >= 0.3 is 0 Å². The number of anilines is 1. The number of ether oxygens (including phenoxy) is 1. The molecule has 1 N–H and O–H groups in total. The van der Waals surface area contributed by atoms with Gasteiger partial charge in [0, 0.05) is 31.9 Å². The first kappa shape index (κ1) is 13.0. The third-order valence-electron chi connectivity index (χ3n) is 3.18. The van der Waals surface area contributed by atoms with Crippen LogP contribution in [-0.4, -0.2) is 52.6 Å². The summed E-state index contributed by atoms with van der Waals surface area (Å²) in [6.45, 7) is 3.97. The second kappa shape index (κ2) is 6.44. The van der Waals surface area contributed by atoms with Crippen molar-refractivity contribution in [2.24, 2.45) is 0 Å². The minimum absolute atomic E-state index is 0.133. The van der Waals surface area contributed by atoms with Crippen molar-refractivity contribution in [1.82, 2.24) is 20.3 Å². The average Bonchev–Trinajstić information content (AvgIpc) is 3.00. The Bertz CT molecular complexity index is 505. The summed E-state index contributed by atoms with van der Waals surface area (Å²) in [5.74, 6) is 1.65. The molecule has 1 aliphatic rings. The van der Waals surface area contributed by atoms with Gasteiger partial charge in [0.15, 0.2) is 5.76 Å². The van der Waals surface area contributed by atoms with Crippen LogP contribution in [0.5, 0.6) is 0 Å². The molecule has 1 saturated heterocycles. The van der Waals surface area contributed by atoms with E-state index in [1.165, 1.54) is 0 Å². The third kappa shape index (κ3) is 3.52. The van der Waals surface area contributed by atoms with Gasteiger partial charge in [-0.15, -0.1) is 5.10 Å². The van der Waals surface area contributed by atoms with Crippen molar-refractivity contribution in [2.75, 3.05) is 31.6 Å². The van der Waals surface area contributed by atoms with Crippen LogP contribution >= 0.6 is 0 Å². The van der Waals surface area contributed by atoms with Gasteiger partial charge < -0.3 is 14.6 Å². The van der Waals surface area contributed by atoms with Crippen LogP contribution in [0.3, 0.4) is 0 Å². The van der Waals surface area contributed by atoms with E-state index in [0.29, 0.717) is 6.54 Å². The van der Waals surface area contributed by atoms with Crippen LogP contribution in [0.2, 0.25) is 0 Å². The maximum atomic E-state index is 5.75. The Balaban J connectivity index is 1.48. The number of morpholine rings is 1. The van der Waals surface area contributed by atoms with Crippen molar-refractivity contribution >= 4 is 5.82 Å². The Morgan fingerprint density at radius 2 is 2.35 bits per heavy atom. The summed E-state index contributed by atoms with van der Waals surface area (Å²) in [6, 6.07) is 5.64. The standard InChI is InChI=1S/C13H17N5O2/c1-2-13(17-15-4-1)14-8-12-10-18(6-7-19-12)9-11-3-5-16-20-11/h1-5,12H,6-10H2,(H,14,17)/t12-/m1/s1. The van der Waals surface area contributed by atoms with Gasteiger partial charge in [0.2, 0.25) is 0 Å². The molecule has 3 rings (SSSR count). The van der Waals surface area contributed by atoms with Crippen LogP contribution in [0.4, 0.5) is 5.82 Å². The SMILES string of the molecule is c1cnnc(NC[C@@H]2CN(Cc3ccno3)CCO2)c1. The van der Waals surface area contributed by atoms with E-state index in [4.69, 9.17) is 9.26 Å². The highest BCUT2D eigenvalue weighted by Gasteiger charge is 2.21. The largest absolute Gasteiger partial charge is 0.374 e. The first-order chi connectivity index (χ1) is 9.90. The molecule has 0 spiro atoms. The molecule has 20 heavy (non-hydrogen) atoms. The first-order valence-corrected chi connectivity index (χ1v) is 6.65. The predicted octanol–water partition coefficient (Wildman–Crippen LogP) is 0.777. The molecule has 0 aliphatic carbocycles. The van der Waals surface area contributed by atoms with Gasteiger partial charge in [-0.2, -0.15) is 5.10 Å². The highest BCUT2D eigenvalue weighted by atomic mass is 16.5. The minimum atomic E-state index is 0.133. The van der Waals surface area contributed by atoms with Gasteiger partial charge in [0.1, 0.15) is 5.82 Å². The van der Waals surface area contributed by atoms with Crippen LogP contribution in [0.25, 0.3) is 0 Å². The summed E-state index contributed by atoms with van der Waals surface area (Å²) in [5, 5.41) is 14.8. The maximum Gasteiger partial charge on any atom is 0.150 e. The number of hydrogen-bond donors (Lipinski definition) is 1. The van der Waals surface area contributed by atoms with E-state index in [1.54, 1.807) is 12.4 Å². The molecule has 1 fully saturated rings. The molecule has 7 nitrogen and oxygen atoms in total. The Morgan fingerprint density at radius 1 is 1.35 bits per heavy atom. The Hall–Kier alpha value is -1.99. The van der Waals surface area contributed by atoms with E-state index in [9.17, 15) is 0 Å². The lowest BCUT2D eigenvalue weighted by molar-refractivity contribution is -0.0263. The molecule has 0 amide bonds. The van der Waals surface area contributed by atoms with Crippen molar-refractivity contribution in [3.05, 3.63) is 36.4 Å². The lowest BCUT2D eigenvalue weighted by Crippen LogP contribution is -2.44. The zero-order valence-electron chi connectivity index (χ0n) is 11.1. The first-order valence-electron chi connectivity index (χ1n) is 6.65. The lowest BCUT2D eigenvalue weighted by Gasteiger charge is -2.32. The summed E-state index contributed by atoms with van der Waals surface area (Å²) < 4.78 is 10.9. The van der Waals surface area contributed by atoms with Crippen LogP contribution in [0.15, 0.2) is 35.1 Å². The van der Waals surface area contributed by atoms with Crippen molar-refractivity contribution < 1.29 is 9.26 Å².